The molecule has 0 bridgehead atoms. The summed E-state index contributed by atoms with van der Waals surface area (Å²) in [4.78, 5) is 35.4. The molecule has 0 spiro atoms. The van der Waals surface area contributed by atoms with Crippen molar-refractivity contribution in [3.05, 3.63) is 35.4 Å². The van der Waals surface area contributed by atoms with Crippen LogP contribution in [0, 0.1) is 5.41 Å². The first-order valence-corrected chi connectivity index (χ1v) is 13.5. The molecule has 11 heteroatoms. The van der Waals surface area contributed by atoms with Crippen molar-refractivity contribution in [2.75, 3.05) is 24.7 Å². The van der Waals surface area contributed by atoms with E-state index in [1.165, 1.54) is 27.7 Å². The SMILES string of the molecule is CCOC(=O)CCc1cccc(C(C)(CCC(C)(C)C(F)(F)CS(=O)(=O)CC(=O)OCC)C(=O)O)c1. The minimum atomic E-state index is -4.47. The van der Waals surface area contributed by atoms with Crippen LogP contribution in [-0.2, 0) is 45.5 Å². The van der Waals surface area contributed by atoms with Crippen molar-refractivity contribution in [3.8, 4) is 0 Å². The Morgan fingerprint density at radius 2 is 1.56 bits per heavy atom. The van der Waals surface area contributed by atoms with Crippen LogP contribution < -0.4 is 0 Å². The summed E-state index contributed by atoms with van der Waals surface area (Å²) in [7, 11) is -4.47. The van der Waals surface area contributed by atoms with E-state index in [4.69, 9.17) is 4.74 Å². The molecule has 1 N–H and O–H groups in total. The molecule has 0 aliphatic rings. The molecule has 8 nitrogen and oxygen atoms in total. The smallest absolute Gasteiger partial charge is 0.321 e. The molecule has 0 aliphatic carbocycles. The van der Waals surface area contributed by atoms with E-state index in [0.717, 1.165) is 0 Å². The van der Waals surface area contributed by atoms with Gasteiger partial charge in [0.05, 0.1) is 18.6 Å². The maximum Gasteiger partial charge on any atom is 0.321 e. The third kappa shape index (κ3) is 8.83. The maximum absolute atomic E-state index is 15.1. The van der Waals surface area contributed by atoms with E-state index in [1.54, 1.807) is 31.2 Å². The highest BCUT2D eigenvalue weighted by Gasteiger charge is 2.51. The number of halogens is 2. The molecule has 0 heterocycles. The molecule has 0 aromatic heterocycles. The van der Waals surface area contributed by atoms with E-state index < -0.39 is 50.0 Å². The van der Waals surface area contributed by atoms with Crippen LogP contribution in [0.3, 0.4) is 0 Å². The second-order valence-corrected chi connectivity index (χ2v) is 11.6. The Balaban J connectivity index is 3.06. The summed E-state index contributed by atoms with van der Waals surface area (Å²) in [5.74, 6) is -9.16. The normalized spacial score (nSPS) is 14.1. The summed E-state index contributed by atoms with van der Waals surface area (Å²) >= 11 is 0. The zero-order valence-corrected chi connectivity index (χ0v) is 22.3. The molecule has 0 fully saturated rings. The Labute approximate surface area is 211 Å². The second kappa shape index (κ2) is 12.6. The number of carbonyl (C=O) groups is 3. The van der Waals surface area contributed by atoms with Gasteiger partial charge in [-0.1, -0.05) is 38.1 Å². The summed E-state index contributed by atoms with van der Waals surface area (Å²) in [6, 6.07) is 6.58. The molecule has 0 radical (unpaired) electrons. The van der Waals surface area contributed by atoms with Crippen molar-refractivity contribution in [2.45, 2.75) is 71.6 Å². The number of aliphatic carboxylic acids is 1. The van der Waals surface area contributed by atoms with Gasteiger partial charge >= 0.3 is 17.9 Å². The van der Waals surface area contributed by atoms with Crippen LogP contribution in [0.4, 0.5) is 8.78 Å². The van der Waals surface area contributed by atoms with Gasteiger partial charge < -0.3 is 14.6 Å². The van der Waals surface area contributed by atoms with Gasteiger partial charge in [-0.15, -0.1) is 0 Å². The van der Waals surface area contributed by atoms with E-state index in [1.807, 2.05) is 0 Å². The molecule has 0 aliphatic heterocycles. The highest BCUT2D eigenvalue weighted by atomic mass is 32.2. The zero-order valence-electron chi connectivity index (χ0n) is 21.4. The number of hydrogen-bond acceptors (Lipinski definition) is 7. The summed E-state index contributed by atoms with van der Waals surface area (Å²) in [5.41, 5.74) is -2.36. The van der Waals surface area contributed by atoms with Crippen LogP contribution in [0.25, 0.3) is 0 Å². The molecule has 0 saturated heterocycles. The third-order valence-corrected chi connectivity index (χ3v) is 7.72. The Morgan fingerprint density at radius 1 is 0.972 bits per heavy atom. The van der Waals surface area contributed by atoms with Gasteiger partial charge in [0.25, 0.3) is 5.92 Å². The Kier molecular flexibility index (Phi) is 11.0. The van der Waals surface area contributed by atoms with E-state index >= 15 is 8.78 Å². The number of rotatable bonds is 15. The standard InChI is InChI=1S/C25H36F2O8S/c1-6-34-20(28)12-11-18-9-8-10-19(15-18)24(5,22(30)31)14-13-23(3,4)25(26,27)17-36(32,33)16-21(29)35-7-2/h8-10,15H,6-7,11-14,16-17H2,1-5H3,(H,30,31). The first kappa shape index (κ1) is 31.5. The number of carboxylic acids is 1. The molecular weight excluding hydrogens is 498 g/mol. The number of carboxylic acid groups (broad SMARTS) is 1. The average molecular weight is 535 g/mol. The van der Waals surface area contributed by atoms with Crippen LogP contribution in [0.5, 0.6) is 0 Å². The number of sulfone groups is 1. The average Bonchev–Trinajstić information content (AvgIpc) is 2.75. The lowest BCUT2D eigenvalue weighted by Gasteiger charge is -2.36. The monoisotopic (exact) mass is 534 g/mol. The number of hydrogen-bond donors (Lipinski definition) is 1. The van der Waals surface area contributed by atoms with Gasteiger partial charge in [-0.25, -0.2) is 17.2 Å². The molecular formula is C25H36F2O8S. The van der Waals surface area contributed by atoms with Crippen molar-refractivity contribution < 1.29 is 46.2 Å². The molecule has 1 atom stereocenters. The van der Waals surface area contributed by atoms with Crippen LogP contribution in [0.15, 0.2) is 24.3 Å². The van der Waals surface area contributed by atoms with Gasteiger partial charge in [-0.3, -0.25) is 14.4 Å². The van der Waals surface area contributed by atoms with E-state index in [0.29, 0.717) is 17.5 Å². The lowest BCUT2D eigenvalue weighted by Crippen LogP contribution is -2.45. The molecule has 36 heavy (non-hydrogen) atoms. The van der Waals surface area contributed by atoms with Crippen molar-refractivity contribution in [1.82, 2.24) is 0 Å². The van der Waals surface area contributed by atoms with Gasteiger partial charge in [-0.05, 0) is 51.2 Å². The van der Waals surface area contributed by atoms with Gasteiger partial charge in [0.1, 0.15) is 11.5 Å². The fraction of sp³-hybridized carbons (Fsp3) is 0.640. The Bertz CT molecular complexity index is 1040. The first-order valence-electron chi connectivity index (χ1n) is 11.7. The molecule has 1 unspecified atom stereocenters. The first-order chi connectivity index (χ1) is 16.5. The Morgan fingerprint density at radius 3 is 2.11 bits per heavy atom. The molecule has 204 valence electrons. The summed E-state index contributed by atoms with van der Waals surface area (Å²) < 4.78 is 64.0. The number of ether oxygens (including phenoxy) is 2. The van der Waals surface area contributed by atoms with E-state index in [2.05, 4.69) is 4.74 Å². The highest BCUT2D eigenvalue weighted by Crippen LogP contribution is 2.44. The second-order valence-electron chi connectivity index (χ2n) is 9.57. The predicted molar refractivity (Wildman–Crippen MR) is 130 cm³/mol. The minimum Gasteiger partial charge on any atom is -0.481 e. The molecule has 0 saturated carbocycles. The minimum absolute atomic E-state index is 0.0754. The van der Waals surface area contributed by atoms with Gasteiger partial charge in [0.15, 0.2) is 9.84 Å². The van der Waals surface area contributed by atoms with Crippen molar-refractivity contribution in [1.29, 1.82) is 0 Å². The van der Waals surface area contributed by atoms with Crippen molar-refractivity contribution in [3.63, 3.8) is 0 Å². The van der Waals surface area contributed by atoms with Crippen molar-refractivity contribution in [2.24, 2.45) is 5.41 Å². The molecule has 1 rings (SSSR count). The number of aryl methyl sites for hydroxylation is 1. The lowest BCUT2D eigenvalue weighted by molar-refractivity contribution is -0.145. The van der Waals surface area contributed by atoms with E-state index in [-0.39, 0.29) is 38.4 Å². The van der Waals surface area contributed by atoms with Crippen molar-refractivity contribution >= 4 is 27.7 Å². The predicted octanol–water partition coefficient (Wildman–Crippen LogP) is 3.94. The van der Waals surface area contributed by atoms with Crippen LogP contribution >= 0.6 is 0 Å². The summed E-state index contributed by atoms with van der Waals surface area (Å²) in [6.45, 7) is 7.10. The van der Waals surface area contributed by atoms with Crippen LogP contribution in [-0.4, -0.2) is 62.1 Å². The maximum atomic E-state index is 15.1. The number of benzene rings is 1. The highest BCUT2D eigenvalue weighted by molar-refractivity contribution is 7.92. The third-order valence-electron chi connectivity index (χ3n) is 6.24. The van der Waals surface area contributed by atoms with Gasteiger partial charge in [0, 0.05) is 11.8 Å². The molecule has 1 aromatic carbocycles. The number of alkyl halides is 2. The number of esters is 2. The van der Waals surface area contributed by atoms with Gasteiger partial charge in [-0.2, -0.15) is 0 Å². The lowest BCUT2D eigenvalue weighted by atomic mass is 9.72. The van der Waals surface area contributed by atoms with E-state index in [9.17, 15) is 27.9 Å². The van der Waals surface area contributed by atoms with Crippen LogP contribution in [0.2, 0.25) is 0 Å². The molecule has 0 amide bonds. The number of carbonyl (C=O) groups excluding carboxylic acids is 2. The topological polar surface area (TPSA) is 124 Å². The largest absolute Gasteiger partial charge is 0.481 e. The van der Waals surface area contributed by atoms with Gasteiger partial charge in [0.2, 0.25) is 0 Å². The summed E-state index contributed by atoms with van der Waals surface area (Å²) in [6.07, 6.45) is -0.0835. The zero-order chi connectivity index (χ0) is 27.8. The summed E-state index contributed by atoms with van der Waals surface area (Å²) in [5, 5.41) is 9.99. The quantitative estimate of drug-likeness (QED) is 0.336. The Hall–Kier alpha value is -2.56. The van der Waals surface area contributed by atoms with Crippen LogP contribution in [0.1, 0.15) is 65.0 Å². The fourth-order valence-electron chi connectivity index (χ4n) is 3.57. The molecule has 1 aromatic rings. The fourth-order valence-corrected chi connectivity index (χ4v) is 5.06.